The van der Waals surface area contributed by atoms with Crippen LogP contribution in [0.1, 0.15) is 84.2 Å². The Labute approximate surface area is 202 Å². The molecule has 1 saturated heterocycles. The summed E-state index contributed by atoms with van der Waals surface area (Å²) >= 11 is 0. The highest BCUT2D eigenvalue weighted by Gasteiger charge is 2.28. The largest absolute Gasteiger partial charge is 0.351 e. The van der Waals surface area contributed by atoms with Crippen LogP contribution in [0, 0.1) is 0 Å². The number of hydrogen-bond donors (Lipinski definition) is 1. The fourth-order valence-electron chi connectivity index (χ4n) is 5.59. The number of carbonyl (C=O) groups excluding carboxylic acids is 1. The highest BCUT2D eigenvalue weighted by atomic mass is 16.5. The molecular formula is C29H35N3O2. The van der Waals surface area contributed by atoms with Crippen molar-refractivity contribution in [3.63, 3.8) is 0 Å². The van der Waals surface area contributed by atoms with E-state index in [0.717, 1.165) is 51.0 Å². The van der Waals surface area contributed by atoms with Gasteiger partial charge in [-0.3, -0.25) is 4.79 Å². The van der Waals surface area contributed by atoms with E-state index in [0.29, 0.717) is 17.6 Å². The Morgan fingerprint density at radius 3 is 2.29 bits per heavy atom. The average molecular weight is 458 g/mol. The molecule has 1 aliphatic heterocycles. The number of aromatic nitrogens is 1. The van der Waals surface area contributed by atoms with Crippen molar-refractivity contribution < 1.29 is 9.32 Å². The van der Waals surface area contributed by atoms with Crippen molar-refractivity contribution in [1.82, 2.24) is 15.4 Å². The summed E-state index contributed by atoms with van der Waals surface area (Å²) in [6, 6.07) is 23.7. The van der Waals surface area contributed by atoms with Crippen molar-refractivity contribution >= 4 is 5.91 Å². The minimum absolute atomic E-state index is 0.119. The van der Waals surface area contributed by atoms with Gasteiger partial charge < -0.3 is 14.7 Å². The van der Waals surface area contributed by atoms with Crippen molar-refractivity contribution in [1.29, 1.82) is 0 Å². The third-order valence-corrected chi connectivity index (χ3v) is 7.46. The van der Waals surface area contributed by atoms with E-state index < -0.39 is 0 Å². The number of hydrogen-bond acceptors (Lipinski definition) is 4. The molecule has 0 unspecified atom stereocenters. The van der Waals surface area contributed by atoms with Crippen LogP contribution in [-0.4, -0.2) is 41.6 Å². The van der Waals surface area contributed by atoms with Gasteiger partial charge in [0.05, 0.1) is 5.69 Å². The first-order valence-corrected chi connectivity index (χ1v) is 12.9. The van der Waals surface area contributed by atoms with Gasteiger partial charge in [0.2, 0.25) is 5.76 Å². The summed E-state index contributed by atoms with van der Waals surface area (Å²) in [5.41, 5.74) is 3.60. The second kappa shape index (κ2) is 11.0. The molecule has 178 valence electrons. The lowest BCUT2D eigenvalue weighted by molar-refractivity contribution is 0.0890. The summed E-state index contributed by atoms with van der Waals surface area (Å²) in [4.78, 5) is 15.2. The summed E-state index contributed by atoms with van der Waals surface area (Å²) in [7, 11) is 0. The van der Waals surface area contributed by atoms with E-state index in [9.17, 15) is 4.79 Å². The molecule has 1 saturated carbocycles. The van der Waals surface area contributed by atoms with Gasteiger partial charge >= 0.3 is 0 Å². The maximum atomic E-state index is 12.7. The fourth-order valence-corrected chi connectivity index (χ4v) is 5.59. The number of piperidine rings is 1. The Bertz CT molecular complexity index is 1000. The molecule has 2 fully saturated rings. The lowest BCUT2D eigenvalue weighted by Gasteiger charge is -2.34. The average Bonchev–Trinajstić information content (AvgIpc) is 3.40. The molecule has 1 aromatic heterocycles. The minimum atomic E-state index is -0.119. The Morgan fingerprint density at radius 2 is 1.62 bits per heavy atom. The number of nitrogens with zero attached hydrogens (tertiary/aromatic N) is 2. The summed E-state index contributed by atoms with van der Waals surface area (Å²) < 4.78 is 5.50. The second-order valence-electron chi connectivity index (χ2n) is 9.90. The summed E-state index contributed by atoms with van der Waals surface area (Å²) in [5.74, 6) is 0.854. The van der Waals surface area contributed by atoms with Crippen LogP contribution >= 0.6 is 0 Å². The van der Waals surface area contributed by atoms with Gasteiger partial charge in [0.15, 0.2) is 0 Å². The number of carbonyl (C=O) groups is 1. The van der Waals surface area contributed by atoms with Crippen molar-refractivity contribution in [3.8, 4) is 0 Å². The fraction of sp³-hybridized carbons (Fsp3) is 0.448. The standard InChI is InChI=1S/C29H35N3O2/c33-29(30-25-16-8-3-9-17-25)28-19-27(31-34-28)24-15-10-18-32(20-24)21-26(22-11-4-1-5-12-22)23-13-6-2-7-14-23/h1-2,4-7,11-14,19,24-26H,3,8-10,15-18,20-21H2,(H,30,33)/t24-/m1/s1. The predicted molar refractivity (Wildman–Crippen MR) is 134 cm³/mol. The lowest BCUT2D eigenvalue weighted by atomic mass is 9.88. The van der Waals surface area contributed by atoms with Gasteiger partial charge in [-0.05, 0) is 43.4 Å². The summed E-state index contributed by atoms with van der Waals surface area (Å²) in [6.45, 7) is 2.99. The quantitative estimate of drug-likeness (QED) is 0.491. The van der Waals surface area contributed by atoms with Crippen molar-refractivity contribution in [3.05, 3.63) is 89.3 Å². The van der Waals surface area contributed by atoms with E-state index in [1.807, 2.05) is 6.07 Å². The maximum absolute atomic E-state index is 12.7. The van der Waals surface area contributed by atoms with Gasteiger partial charge in [-0.1, -0.05) is 85.1 Å². The number of benzene rings is 2. The number of amides is 1. The molecule has 2 heterocycles. The Kier molecular flexibility index (Phi) is 7.40. The van der Waals surface area contributed by atoms with Crippen LogP contribution in [0.15, 0.2) is 71.3 Å². The smallest absolute Gasteiger partial charge is 0.290 e. The van der Waals surface area contributed by atoms with Gasteiger partial charge in [-0.2, -0.15) is 0 Å². The third kappa shape index (κ3) is 5.58. The predicted octanol–water partition coefficient (Wildman–Crippen LogP) is 5.75. The zero-order chi connectivity index (χ0) is 23.2. The first kappa shape index (κ1) is 22.9. The SMILES string of the molecule is O=C(NC1CCCCC1)c1cc([C@@H]2CCCN(CC(c3ccccc3)c3ccccc3)C2)no1. The number of likely N-dealkylation sites (tertiary alicyclic amines) is 1. The van der Waals surface area contributed by atoms with Crippen molar-refractivity contribution in [2.75, 3.05) is 19.6 Å². The molecule has 1 N–H and O–H groups in total. The van der Waals surface area contributed by atoms with Crippen molar-refractivity contribution in [2.45, 2.75) is 62.8 Å². The summed E-state index contributed by atoms with van der Waals surface area (Å²) in [5, 5.41) is 7.46. The number of nitrogens with one attached hydrogen (secondary N) is 1. The monoisotopic (exact) mass is 457 g/mol. The molecule has 3 aromatic rings. The molecule has 0 radical (unpaired) electrons. The molecule has 0 bridgehead atoms. The molecule has 2 aromatic carbocycles. The van der Waals surface area contributed by atoms with E-state index in [2.05, 4.69) is 76.0 Å². The highest BCUT2D eigenvalue weighted by molar-refractivity contribution is 5.91. The molecule has 1 aliphatic carbocycles. The van der Waals surface area contributed by atoms with Gasteiger partial charge in [-0.25, -0.2) is 0 Å². The Balaban J connectivity index is 1.25. The van der Waals surface area contributed by atoms with Crippen LogP contribution < -0.4 is 5.32 Å². The van der Waals surface area contributed by atoms with Gasteiger partial charge in [-0.15, -0.1) is 0 Å². The molecular weight excluding hydrogens is 422 g/mol. The zero-order valence-electron chi connectivity index (χ0n) is 19.9. The van der Waals surface area contributed by atoms with Crippen LogP contribution in [0.4, 0.5) is 0 Å². The van der Waals surface area contributed by atoms with Crippen LogP contribution in [0.5, 0.6) is 0 Å². The van der Waals surface area contributed by atoms with Crippen LogP contribution in [-0.2, 0) is 0 Å². The van der Waals surface area contributed by atoms with E-state index in [4.69, 9.17) is 4.52 Å². The highest BCUT2D eigenvalue weighted by Crippen LogP contribution is 2.31. The molecule has 1 amide bonds. The van der Waals surface area contributed by atoms with Gasteiger partial charge in [0, 0.05) is 37.0 Å². The molecule has 5 rings (SSSR count). The first-order chi connectivity index (χ1) is 16.8. The van der Waals surface area contributed by atoms with Crippen LogP contribution in [0.2, 0.25) is 0 Å². The molecule has 34 heavy (non-hydrogen) atoms. The second-order valence-corrected chi connectivity index (χ2v) is 9.90. The molecule has 1 atom stereocenters. The molecule has 2 aliphatic rings. The van der Waals surface area contributed by atoms with Crippen molar-refractivity contribution in [2.24, 2.45) is 0 Å². The molecule has 5 nitrogen and oxygen atoms in total. The van der Waals surface area contributed by atoms with Gasteiger partial charge in [0.25, 0.3) is 5.91 Å². The lowest BCUT2D eigenvalue weighted by Crippen LogP contribution is -2.37. The summed E-state index contributed by atoms with van der Waals surface area (Å²) in [6.07, 6.45) is 7.98. The molecule has 5 heteroatoms. The first-order valence-electron chi connectivity index (χ1n) is 12.9. The van der Waals surface area contributed by atoms with E-state index in [-0.39, 0.29) is 11.9 Å². The third-order valence-electron chi connectivity index (χ3n) is 7.46. The minimum Gasteiger partial charge on any atom is -0.351 e. The molecule has 0 spiro atoms. The normalized spacial score (nSPS) is 19.9. The van der Waals surface area contributed by atoms with Crippen LogP contribution in [0.3, 0.4) is 0 Å². The van der Waals surface area contributed by atoms with E-state index in [1.54, 1.807) is 0 Å². The maximum Gasteiger partial charge on any atom is 0.290 e. The van der Waals surface area contributed by atoms with E-state index in [1.165, 1.54) is 30.4 Å². The zero-order valence-corrected chi connectivity index (χ0v) is 19.9. The Morgan fingerprint density at radius 1 is 0.941 bits per heavy atom. The van der Waals surface area contributed by atoms with Crippen LogP contribution in [0.25, 0.3) is 0 Å². The number of rotatable bonds is 7. The van der Waals surface area contributed by atoms with Gasteiger partial charge in [0.1, 0.15) is 0 Å². The Hall–Kier alpha value is -2.92. The topological polar surface area (TPSA) is 58.4 Å². The van der Waals surface area contributed by atoms with E-state index >= 15 is 0 Å².